The lowest BCUT2D eigenvalue weighted by molar-refractivity contribution is 0.0593. The summed E-state index contributed by atoms with van der Waals surface area (Å²) in [6.07, 6.45) is 2.92. The van der Waals surface area contributed by atoms with Crippen LogP contribution in [0.3, 0.4) is 0 Å². The van der Waals surface area contributed by atoms with Crippen LogP contribution in [0.1, 0.15) is 10.5 Å². The first-order valence-electron chi connectivity index (χ1n) is 6.05. The van der Waals surface area contributed by atoms with Gasteiger partial charge in [0, 0.05) is 25.5 Å². The zero-order chi connectivity index (χ0) is 14.5. The molecular weight excluding hydrogens is 256 g/mol. The number of hydrogen-bond donors (Lipinski definition) is 1. The molecule has 2 rings (SSSR count). The van der Waals surface area contributed by atoms with Crippen LogP contribution in [-0.2, 0) is 4.74 Å². The van der Waals surface area contributed by atoms with Crippen LogP contribution in [0, 0.1) is 0 Å². The van der Waals surface area contributed by atoms with Crippen molar-refractivity contribution in [3.8, 4) is 0 Å². The molecule has 0 aliphatic carbocycles. The minimum atomic E-state index is -0.511. The summed E-state index contributed by atoms with van der Waals surface area (Å²) in [4.78, 5) is 21.5. The van der Waals surface area contributed by atoms with Crippen LogP contribution in [0.5, 0.6) is 0 Å². The van der Waals surface area contributed by atoms with E-state index >= 15 is 0 Å². The van der Waals surface area contributed by atoms with E-state index in [-0.39, 0.29) is 5.69 Å². The molecule has 1 aromatic heterocycles. The maximum absolute atomic E-state index is 11.4. The highest BCUT2D eigenvalue weighted by Crippen LogP contribution is 2.20. The molecule has 0 saturated heterocycles. The van der Waals surface area contributed by atoms with E-state index in [0.29, 0.717) is 5.82 Å². The highest BCUT2D eigenvalue weighted by atomic mass is 16.5. The Kier molecular flexibility index (Phi) is 4.14. The smallest absolute Gasteiger partial charge is 0.358 e. The quantitative estimate of drug-likeness (QED) is 0.859. The number of ether oxygens (including phenoxy) is 1. The molecular formula is C14H16N4O2. The van der Waals surface area contributed by atoms with E-state index in [1.54, 1.807) is 6.20 Å². The number of nitrogens with one attached hydrogen (secondary N) is 1. The summed E-state index contributed by atoms with van der Waals surface area (Å²) < 4.78 is 4.62. The van der Waals surface area contributed by atoms with E-state index in [1.807, 2.05) is 43.3 Å². The zero-order valence-corrected chi connectivity index (χ0v) is 11.6. The monoisotopic (exact) mass is 272 g/mol. The maximum Gasteiger partial charge on any atom is 0.358 e. The number of nitrogens with zero attached hydrogens (tertiary/aromatic N) is 3. The van der Waals surface area contributed by atoms with Crippen molar-refractivity contribution in [3.05, 3.63) is 42.4 Å². The first-order valence-corrected chi connectivity index (χ1v) is 6.05. The number of anilines is 3. The van der Waals surface area contributed by atoms with Crippen molar-refractivity contribution in [2.45, 2.75) is 0 Å². The second-order valence-corrected chi connectivity index (χ2v) is 4.35. The number of methoxy groups -OCH3 is 1. The Balaban J connectivity index is 2.21. The third kappa shape index (κ3) is 3.23. The molecule has 6 nitrogen and oxygen atoms in total. The normalized spacial score (nSPS) is 9.95. The van der Waals surface area contributed by atoms with Gasteiger partial charge in [0.05, 0.1) is 19.5 Å². The number of carbonyl (C=O) groups excluding carboxylic acids is 1. The molecule has 0 aliphatic heterocycles. The van der Waals surface area contributed by atoms with Crippen molar-refractivity contribution in [2.24, 2.45) is 0 Å². The van der Waals surface area contributed by atoms with E-state index in [2.05, 4.69) is 20.0 Å². The van der Waals surface area contributed by atoms with Gasteiger partial charge in [0.15, 0.2) is 5.69 Å². The molecule has 20 heavy (non-hydrogen) atoms. The van der Waals surface area contributed by atoms with Gasteiger partial charge in [-0.05, 0) is 18.2 Å². The van der Waals surface area contributed by atoms with E-state index in [0.717, 1.165) is 11.4 Å². The molecule has 6 heteroatoms. The van der Waals surface area contributed by atoms with Crippen LogP contribution in [0.15, 0.2) is 36.7 Å². The van der Waals surface area contributed by atoms with Crippen LogP contribution < -0.4 is 10.2 Å². The SMILES string of the molecule is COC(=O)c1cncc(Nc2cccc(N(C)C)c2)n1. The summed E-state index contributed by atoms with van der Waals surface area (Å²) in [5.74, 6) is -0.0213. The second-order valence-electron chi connectivity index (χ2n) is 4.35. The third-order valence-corrected chi connectivity index (χ3v) is 2.66. The lowest BCUT2D eigenvalue weighted by atomic mass is 10.2. The second kappa shape index (κ2) is 6.01. The summed E-state index contributed by atoms with van der Waals surface area (Å²) >= 11 is 0. The number of rotatable bonds is 4. The average molecular weight is 272 g/mol. The van der Waals surface area contributed by atoms with Crippen molar-refractivity contribution >= 4 is 23.2 Å². The van der Waals surface area contributed by atoms with Crippen LogP contribution in [0.25, 0.3) is 0 Å². The van der Waals surface area contributed by atoms with Gasteiger partial charge in [-0.1, -0.05) is 6.07 Å². The summed E-state index contributed by atoms with van der Waals surface area (Å²) in [6.45, 7) is 0. The highest BCUT2D eigenvalue weighted by Gasteiger charge is 2.08. The van der Waals surface area contributed by atoms with Gasteiger partial charge in [-0.15, -0.1) is 0 Å². The van der Waals surface area contributed by atoms with Crippen LogP contribution in [-0.4, -0.2) is 37.1 Å². The Labute approximate surface area is 117 Å². The number of aromatic nitrogens is 2. The van der Waals surface area contributed by atoms with Gasteiger partial charge >= 0.3 is 5.97 Å². The molecule has 0 bridgehead atoms. The molecule has 0 saturated carbocycles. The zero-order valence-electron chi connectivity index (χ0n) is 11.6. The third-order valence-electron chi connectivity index (χ3n) is 2.66. The Bertz CT molecular complexity index is 614. The fourth-order valence-electron chi connectivity index (χ4n) is 1.64. The number of benzene rings is 1. The van der Waals surface area contributed by atoms with Crippen LogP contribution >= 0.6 is 0 Å². The van der Waals surface area contributed by atoms with Gasteiger partial charge in [-0.2, -0.15) is 0 Å². The molecule has 0 amide bonds. The van der Waals surface area contributed by atoms with Crippen molar-refractivity contribution in [3.63, 3.8) is 0 Å². The molecule has 0 unspecified atom stereocenters. The summed E-state index contributed by atoms with van der Waals surface area (Å²) in [7, 11) is 5.25. The molecule has 1 heterocycles. The minimum absolute atomic E-state index is 0.168. The molecule has 0 aliphatic rings. The predicted octanol–water partition coefficient (Wildman–Crippen LogP) is 2.07. The van der Waals surface area contributed by atoms with Gasteiger partial charge in [0.1, 0.15) is 5.82 Å². The number of hydrogen-bond acceptors (Lipinski definition) is 6. The molecule has 0 atom stereocenters. The highest BCUT2D eigenvalue weighted by molar-refractivity contribution is 5.87. The van der Waals surface area contributed by atoms with Crippen molar-refractivity contribution in [1.82, 2.24) is 9.97 Å². The fraction of sp³-hybridized carbons (Fsp3) is 0.214. The topological polar surface area (TPSA) is 67.3 Å². The molecule has 1 N–H and O–H groups in total. The largest absolute Gasteiger partial charge is 0.464 e. The summed E-state index contributed by atoms with van der Waals surface area (Å²) in [6, 6.07) is 7.84. The van der Waals surface area contributed by atoms with Crippen molar-refractivity contribution in [2.75, 3.05) is 31.4 Å². The number of esters is 1. The Morgan fingerprint density at radius 3 is 2.80 bits per heavy atom. The van der Waals surface area contributed by atoms with Gasteiger partial charge in [-0.25, -0.2) is 9.78 Å². The van der Waals surface area contributed by atoms with Gasteiger partial charge in [0.25, 0.3) is 0 Å². The van der Waals surface area contributed by atoms with Crippen LogP contribution in [0.2, 0.25) is 0 Å². The van der Waals surface area contributed by atoms with E-state index in [4.69, 9.17) is 0 Å². The molecule has 0 fully saturated rings. The summed E-state index contributed by atoms with van der Waals surface area (Å²) in [5.41, 5.74) is 2.10. The first-order chi connectivity index (χ1) is 9.60. The van der Waals surface area contributed by atoms with E-state index in [9.17, 15) is 4.79 Å². The predicted molar refractivity (Wildman–Crippen MR) is 77.4 cm³/mol. The standard InChI is InChI=1S/C14H16N4O2/c1-18(2)11-6-4-5-10(7-11)16-13-9-15-8-12(17-13)14(19)20-3/h4-9H,1-3H3,(H,16,17). The molecule has 0 radical (unpaired) electrons. The van der Waals surface area contributed by atoms with Gasteiger partial charge < -0.3 is 15.0 Å². The lowest BCUT2D eigenvalue weighted by Crippen LogP contribution is -2.09. The average Bonchev–Trinajstić information content (AvgIpc) is 2.47. The van der Waals surface area contributed by atoms with E-state index in [1.165, 1.54) is 13.3 Å². The van der Waals surface area contributed by atoms with E-state index < -0.39 is 5.97 Å². The fourth-order valence-corrected chi connectivity index (χ4v) is 1.64. The molecule has 2 aromatic rings. The van der Waals surface area contributed by atoms with Gasteiger partial charge in [0.2, 0.25) is 0 Å². The summed E-state index contributed by atoms with van der Waals surface area (Å²) in [5, 5.41) is 3.11. The maximum atomic E-state index is 11.4. The van der Waals surface area contributed by atoms with Gasteiger partial charge in [-0.3, -0.25) is 4.98 Å². The Morgan fingerprint density at radius 2 is 2.10 bits per heavy atom. The number of carbonyl (C=O) groups is 1. The molecule has 104 valence electrons. The minimum Gasteiger partial charge on any atom is -0.464 e. The Hall–Kier alpha value is -2.63. The Morgan fingerprint density at radius 1 is 1.30 bits per heavy atom. The van der Waals surface area contributed by atoms with Crippen molar-refractivity contribution in [1.29, 1.82) is 0 Å². The van der Waals surface area contributed by atoms with Crippen molar-refractivity contribution < 1.29 is 9.53 Å². The lowest BCUT2D eigenvalue weighted by Gasteiger charge is -2.14. The molecule has 0 spiro atoms. The van der Waals surface area contributed by atoms with Crippen LogP contribution in [0.4, 0.5) is 17.2 Å². The first kappa shape index (κ1) is 13.8. The molecule has 1 aromatic carbocycles.